The van der Waals surface area contributed by atoms with Gasteiger partial charge in [0.2, 0.25) is 0 Å². The molecule has 2 saturated carbocycles. The van der Waals surface area contributed by atoms with Crippen LogP contribution >= 0.6 is 0 Å². The monoisotopic (exact) mass is 518 g/mol. The third kappa shape index (κ3) is 5.38. The molecule has 0 radical (unpaired) electrons. The molecule has 0 bridgehead atoms. The first-order valence-corrected chi connectivity index (χ1v) is 16.1. The van der Waals surface area contributed by atoms with E-state index in [4.69, 9.17) is 9.16 Å². The lowest BCUT2D eigenvalue weighted by atomic mass is 9.59. The minimum Gasteiger partial charge on any atom is -0.466 e. The zero-order valence-corrected chi connectivity index (χ0v) is 24.7. The van der Waals surface area contributed by atoms with Crippen molar-refractivity contribution in [2.24, 2.45) is 29.1 Å². The molecule has 2 fully saturated rings. The molecular formula is C33H46O3Si. The lowest BCUT2D eigenvalue weighted by molar-refractivity contribution is -0.134. The van der Waals surface area contributed by atoms with E-state index in [0.717, 1.165) is 6.61 Å². The summed E-state index contributed by atoms with van der Waals surface area (Å²) in [6.45, 7) is 12.8. The van der Waals surface area contributed by atoms with Crippen LogP contribution in [0.2, 0.25) is 5.04 Å². The van der Waals surface area contributed by atoms with E-state index in [1.54, 1.807) is 6.08 Å². The molecule has 0 N–H and O–H groups in total. The molecule has 2 aromatic carbocycles. The van der Waals surface area contributed by atoms with E-state index in [9.17, 15) is 4.79 Å². The van der Waals surface area contributed by atoms with Crippen LogP contribution in [-0.2, 0) is 14.0 Å². The smallest absolute Gasteiger partial charge is 0.330 e. The van der Waals surface area contributed by atoms with Crippen LogP contribution in [0.4, 0.5) is 0 Å². The molecule has 4 rings (SSSR count). The molecule has 2 aliphatic carbocycles. The molecular weight excluding hydrogens is 472 g/mol. The Labute approximate surface area is 225 Å². The van der Waals surface area contributed by atoms with Crippen LogP contribution in [0.5, 0.6) is 0 Å². The maximum atomic E-state index is 11.8. The zero-order chi connectivity index (χ0) is 26.7. The number of fused-ring (bicyclic) bond motifs is 1. The Morgan fingerprint density at radius 1 is 1.03 bits per heavy atom. The predicted octanol–water partition coefficient (Wildman–Crippen LogP) is 6.76. The molecule has 0 amide bonds. The summed E-state index contributed by atoms with van der Waals surface area (Å²) in [7, 11) is -1.08. The van der Waals surface area contributed by atoms with Crippen molar-refractivity contribution in [2.45, 2.75) is 71.8 Å². The Morgan fingerprint density at radius 2 is 1.62 bits per heavy atom. The Morgan fingerprint density at radius 3 is 2.16 bits per heavy atom. The number of methoxy groups -OCH3 is 1. The minimum absolute atomic E-state index is 0.00778. The van der Waals surface area contributed by atoms with E-state index in [1.165, 1.54) is 49.6 Å². The Bertz CT molecular complexity index is 1020. The Kier molecular flexibility index (Phi) is 8.50. The minimum atomic E-state index is -2.54. The molecule has 2 aromatic rings. The first-order chi connectivity index (χ1) is 17.6. The van der Waals surface area contributed by atoms with E-state index in [-0.39, 0.29) is 16.4 Å². The number of ether oxygens (including phenoxy) is 1. The Hall–Kier alpha value is -2.17. The van der Waals surface area contributed by atoms with Crippen LogP contribution in [-0.4, -0.2) is 28.0 Å². The summed E-state index contributed by atoms with van der Waals surface area (Å²) < 4.78 is 12.2. The zero-order valence-electron chi connectivity index (χ0n) is 23.7. The molecule has 5 atom stereocenters. The van der Waals surface area contributed by atoms with Crippen molar-refractivity contribution < 1.29 is 14.0 Å². The van der Waals surface area contributed by atoms with Crippen molar-refractivity contribution in [1.82, 2.24) is 0 Å². The first-order valence-electron chi connectivity index (χ1n) is 14.1. The number of hydrogen-bond acceptors (Lipinski definition) is 3. The van der Waals surface area contributed by atoms with Crippen molar-refractivity contribution in [2.75, 3.05) is 13.7 Å². The second-order valence-electron chi connectivity index (χ2n) is 12.7. The van der Waals surface area contributed by atoms with Crippen LogP contribution in [0.25, 0.3) is 0 Å². The van der Waals surface area contributed by atoms with Gasteiger partial charge < -0.3 is 9.16 Å². The number of hydrogen-bond donors (Lipinski definition) is 0. The van der Waals surface area contributed by atoms with Gasteiger partial charge >= 0.3 is 5.97 Å². The van der Waals surface area contributed by atoms with Gasteiger partial charge in [0.1, 0.15) is 0 Å². The summed E-state index contributed by atoms with van der Waals surface area (Å²) in [5.41, 5.74) is 0.289. The van der Waals surface area contributed by atoms with Crippen molar-refractivity contribution >= 4 is 24.7 Å². The molecule has 0 aromatic heterocycles. The van der Waals surface area contributed by atoms with Gasteiger partial charge in [0.15, 0.2) is 0 Å². The molecule has 0 heterocycles. The highest BCUT2D eigenvalue weighted by atomic mass is 28.4. The standard InChI is InChI=1S/C33H46O3Si/c1-25(29-20-21-30-26(19-22-31(34)35-6)14-13-23-33(29,30)5)24-36-37(32(2,3)4,27-15-9-7-10-16-27)28-17-11-8-12-18-28/h7-12,15-19,22,25-26,29-30H,13-14,20-21,23-24H2,1-6H3/t25?,26-,29-,30-,33+/m1/s1. The van der Waals surface area contributed by atoms with Crippen molar-refractivity contribution in [3.05, 3.63) is 72.8 Å². The van der Waals surface area contributed by atoms with Gasteiger partial charge in [-0.05, 0) is 70.2 Å². The highest BCUT2D eigenvalue weighted by molar-refractivity contribution is 6.99. The van der Waals surface area contributed by atoms with Crippen LogP contribution in [0.15, 0.2) is 72.8 Å². The van der Waals surface area contributed by atoms with Gasteiger partial charge in [0.25, 0.3) is 8.32 Å². The third-order valence-electron chi connectivity index (χ3n) is 9.60. The lowest BCUT2D eigenvalue weighted by Gasteiger charge is -2.47. The van der Waals surface area contributed by atoms with E-state index >= 15 is 0 Å². The lowest BCUT2D eigenvalue weighted by Crippen LogP contribution is -2.67. The van der Waals surface area contributed by atoms with Gasteiger partial charge in [-0.2, -0.15) is 0 Å². The third-order valence-corrected chi connectivity index (χ3v) is 14.6. The number of carbonyl (C=O) groups is 1. The van der Waals surface area contributed by atoms with Crippen LogP contribution in [0.1, 0.15) is 66.7 Å². The van der Waals surface area contributed by atoms with Gasteiger partial charge in [0, 0.05) is 12.7 Å². The summed E-state index contributed by atoms with van der Waals surface area (Å²) in [6.07, 6.45) is 9.94. The fourth-order valence-electron chi connectivity index (χ4n) is 7.86. The SMILES string of the molecule is COC(=O)C=C[C@H]1CCC[C@@]2(C)[C@@H](C(C)CO[Si](c3ccccc3)(c3ccccc3)C(C)(C)C)CC[C@H]12. The molecule has 1 unspecified atom stereocenters. The molecule has 2 aliphatic rings. The molecule has 0 saturated heterocycles. The fraction of sp³-hybridized carbons (Fsp3) is 0.545. The van der Waals surface area contributed by atoms with Gasteiger partial charge in [-0.25, -0.2) is 4.79 Å². The predicted molar refractivity (Wildman–Crippen MR) is 156 cm³/mol. The van der Waals surface area contributed by atoms with Crippen LogP contribution < -0.4 is 10.4 Å². The normalized spacial score (nSPS) is 27.1. The van der Waals surface area contributed by atoms with Gasteiger partial charge in [-0.3, -0.25) is 0 Å². The summed E-state index contributed by atoms with van der Waals surface area (Å²) in [4.78, 5) is 11.8. The molecule has 0 spiro atoms. The second-order valence-corrected chi connectivity index (χ2v) is 17.0. The number of rotatable bonds is 8. The highest BCUT2D eigenvalue weighted by Crippen LogP contribution is 2.60. The summed E-state index contributed by atoms with van der Waals surface area (Å²) in [6, 6.07) is 22.0. The number of esters is 1. The van der Waals surface area contributed by atoms with Crippen molar-refractivity contribution in [3.63, 3.8) is 0 Å². The second kappa shape index (κ2) is 11.3. The van der Waals surface area contributed by atoms with Crippen LogP contribution in [0, 0.1) is 29.1 Å². The first kappa shape index (κ1) is 27.9. The largest absolute Gasteiger partial charge is 0.466 e. The van der Waals surface area contributed by atoms with Crippen molar-refractivity contribution in [1.29, 1.82) is 0 Å². The molecule has 37 heavy (non-hydrogen) atoms. The summed E-state index contributed by atoms with van der Waals surface area (Å²) >= 11 is 0. The molecule has 3 nitrogen and oxygen atoms in total. The molecule has 4 heteroatoms. The van der Waals surface area contributed by atoms with E-state index in [1.807, 2.05) is 0 Å². The van der Waals surface area contributed by atoms with E-state index in [2.05, 4.69) is 101 Å². The van der Waals surface area contributed by atoms with E-state index < -0.39 is 8.32 Å². The average Bonchev–Trinajstić information content (AvgIpc) is 3.25. The van der Waals surface area contributed by atoms with E-state index in [0.29, 0.717) is 23.7 Å². The average molecular weight is 519 g/mol. The van der Waals surface area contributed by atoms with Crippen molar-refractivity contribution in [3.8, 4) is 0 Å². The molecule has 0 aliphatic heterocycles. The topological polar surface area (TPSA) is 35.5 Å². The Balaban J connectivity index is 1.60. The summed E-state index contributed by atoms with van der Waals surface area (Å²) in [5, 5.41) is 2.69. The maximum Gasteiger partial charge on any atom is 0.330 e. The highest BCUT2D eigenvalue weighted by Gasteiger charge is 2.54. The number of carbonyl (C=O) groups excluding carboxylic acids is 1. The number of allylic oxidation sites excluding steroid dienone is 1. The maximum absolute atomic E-state index is 11.8. The van der Waals surface area contributed by atoms with Crippen LogP contribution in [0.3, 0.4) is 0 Å². The quantitative estimate of drug-likeness (QED) is 0.220. The molecule has 200 valence electrons. The fourth-order valence-corrected chi connectivity index (χ4v) is 12.5. The summed E-state index contributed by atoms with van der Waals surface area (Å²) in [5.74, 6) is 1.95. The number of benzene rings is 2. The van der Waals surface area contributed by atoms with Gasteiger partial charge in [0.05, 0.1) is 7.11 Å². The van der Waals surface area contributed by atoms with Gasteiger partial charge in [-0.15, -0.1) is 0 Å². The van der Waals surface area contributed by atoms with Gasteiger partial charge in [-0.1, -0.05) is 108 Å².